The molecule has 0 aromatic heterocycles. The molecule has 0 saturated heterocycles. The van der Waals surface area contributed by atoms with Gasteiger partial charge in [-0.2, -0.15) is 5.10 Å². The summed E-state index contributed by atoms with van der Waals surface area (Å²) in [5.41, 5.74) is 2.98. The Kier molecular flexibility index (Phi) is 21.1. The number of carbonyl (C=O) groups excluding carboxylic acids is 1. The lowest BCUT2D eigenvalue weighted by Crippen LogP contribution is -3.00. The highest BCUT2D eigenvalue weighted by Gasteiger charge is 2.31. The number of phenols is 3. The van der Waals surface area contributed by atoms with Crippen LogP contribution in [0.2, 0.25) is 0 Å². The molecule has 332 valence electrons. The van der Waals surface area contributed by atoms with Gasteiger partial charge in [-0.1, -0.05) is 173 Å². The van der Waals surface area contributed by atoms with Crippen LogP contribution >= 0.6 is 0 Å². The van der Waals surface area contributed by atoms with Crippen molar-refractivity contribution in [3.63, 3.8) is 0 Å². The Balaban J connectivity index is 0.0000168. The number of nitrogens with zero attached hydrogens (tertiary/aromatic N) is 3. The summed E-state index contributed by atoms with van der Waals surface area (Å²) in [5.74, 6) is -0.229. The number of likely N-dealkylation sites (N-methyl/N-ethyl adjacent to an activating group) is 1. The van der Waals surface area contributed by atoms with E-state index < -0.39 is 5.41 Å². The number of unbranched alkanes of at least 4 members (excludes halogenated alkanes) is 13. The highest BCUT2D eigenvalue weighted by Crippen LogP contribution is 2.44. The molecule has 0 unspecified atom stereocenters. The van der Waals surface area contributed by atoms with Gasteiger partial charge in [0.1, 0.15) is 5.75 Å². The van der Waals surface area contributed by atoms with Gasteiger partial charge < -0.3 is 36.8 Å². The Morgan fingerprint density at radius 3 is 1.36 bits per heavy atom. The molecule has 0 atom stereocenters. The minimum atomic E-state index is -0.399. The molecule has 0 aliphatic rings. The van der Waals surface area contributed by atoms with E-state index in [1.54, 1.807) is 6.21 Å². The lowest BCUT2D eigenvalue weighted by atomic mass is 9.77. The van der Waals surface area contributed by atoms with Crippen molar-refractivity contribution in [1.29, 1.82) is 0 Å². The van der Waals surface area contributed by atoms with Crippen LogP contribution in [0.5, 0.6) is 17.2 Å². The summed E-state index contributed by atoms with van der Waals surface area (Å²) in [6.45, 7) is 28.4. The second-order valence-electron chi connectivity index (χ2n) is 21.7. The Bertz CT molecular complexity index is 1570. The van der Waals surface area contributed by atoms with Crippen LogP contribution < -0.4 is 17.0 Å². The molecule has 2 aromatic carbocycles. The molecule has 0 fully saturated rings. The monoisotopic (exact) mass is 872 g/mol. The normalized spacial score (nSPS) is 12.9. The van der Waals surface area contributed by atoms with Gasteiger partial charge in [0.05, 0.1) is 33.4 Å². The van der Waals surface area contributed by atoms with E-state index in [0.29, 0.717) is 21.4 Å². The average Bonchev–Trinajstić information content (AvgIpc) is 3.06. The number of hydrogen-bond donors (Lipinski definition) is 3. The molecule has 2 rings (SSSR count). The average molecular weight is 873 g/mol. The molecule has 0 heterocycles. The van der Waals surface area contributed by atoms with E-state index in [1.807, 2.05) is 39.0 Å². The van der Waals surface area contributed by atoms with Gasteiger partial charge in [-0.25, -0.2) is 5.01 Å². The summed E-state index contributed by atoms with van der Waals surface area (Å²) >= 11 is 0. The van der Waals surface area contributed by atoms with Crippen molar-refractivity contribution in [2.24, 2.45) is 5.10 Å². The van der Waals surface area contributed by atoms with Crippen molar-refractivity contribution in [1.82, 2.24) is 5.01 Å². The van der Waals surface area contributed by atoms with Gasteiger partial charge in [0, 0.05) is 11.1 Å². The third-order valence-corrected chi connectivity index (χ3v) is 11.3. The Morgan fingerprint density at radius 2 is 0.966 bits per heavy atom. The van der Waals surface area contributed by atoms with Gasteiger partial charge in [0.25, 0.3) is 5.91 Å². The highest BCUT2D eigenvalue weighted by atomic mass is 79.9. The molecule has 8 heteroatoms. The molecule has 0 aliphatic carbocycles. The summed E-state index contributed by atoms with van der Waals surface area (Å²) in [7, 11) is 4.23. The number of carbonyl (C=O) groups is 1. The number of halogens is 1. The number of rotatable bonds is 21. The summed E-state index contributed by atoms with van der Waals surface area (Å²) in [5, 5.41) is 40.5. The lowest BCUT2D eigenvalue weighted by Gasteiger charge is -2.32. The van der Waals surface area contributed by atoms with E-state index in [9.17, 15) is 20.1 Å². The first-order valence-corrected chi connectivity index (χ1v) is 22.3. The van der Waals surface area contributed by atoms with Crippen LogP contribution in [0.15, 0.2) is 23.3 Å². The number of benzene rings is 2. The second kappa shape index (κ2) is 22.9. The molecule has 7 nitrogen and oxygen atoms in total. The quantitative estimate of drug-likeness (QED) is 0.0383. The van der Waals surface area contributed by atoms with E-state index >= 15 is 0 Å². The van der Waals surface area contributed by atoms with Gasteiger partial charge in [-0.05, 0) is 68.9 Å². The van der Waals surface area contributed by atoms with Crippen molar-refractivity contribution >= 4 is 12.1 Å². The van der Waals surface area contributed by atoms with Crippen LogP contribution in [-0.2, 0) is 33.0 Å². The van der Waals surface area contributed by atoms with Crippen molar-refractivity contribution < 1.29 is 41.6 Å². The molecule has 3 N–H and O–H groups in total. The summed E-state index contributed by atoms with van der Waals surface area (Å²) in [4.78, 5) is 14.4. The van der Waals surface area contributed by atoms with Crippen LogP contribution in [0.4, 0.5) is 0 Å². The third kappa shape index (κ3) is 17.2. The van der Waals surface area contributed by atoms with Crippen LogP contribution in [0, 0.1) is 0 Å². The molecule has 0 bridgehead atoms. The molecule has 1 amide bonds. The molecule has 0 aliphatic heterocycles. The van der Waals surface area contributed by atoms with E-state index in [2.05, 4.69) is 83.3 Å². The summed E-state index contributed by atoms with van der Waals surface area (Å²) in [6.07, 6.45) is 19.9. The van der Waals surface area contributed by atoms with Crippen LogP contribution in [0.1, 0.15) is 213 Å². The predicted octanol–water partition coefficient (Wildman–Crippen LogP) is 9.92. The molecule has 2 aromatic rings. The van der Waals surface area contributed by atoms with Gasteiger partial charge in [0.15, 0.2) is 18.0 Å². The van der Waals surface area contributed by atoms with Crippen LogP contribution in [0.3, 0.4) is 0 Å². The molecule has 58 heavy (non-hydrogen) atoms. The van der Waals surface area contributed by atoms with Crippen molar-refractivity contribution in [2.75, 3.05) is 27.2 Å². The maximum absolute atomic E-state index is 14.4. The second-order valence-corrected chi connectivity index (χ2v) is 21.7. The first-order chi connectivity index (χ1) is 26.2. The standard InChI is InChI=1S/C50H85N3O4.BrH/c1-16-17-18-19-20-21-22-23-24-25-26-27-28-29-30-53(14,15)36-43(54)52(35-37-31-40(48(5,6)7)45(56)41(32-37)49(8,9)10)51-34-38-39(47(2,3)4)33-42(50(11,12)13)46(57)44(38)55;/h31-34H,16-30,35-36H2,1-15H3,(H2-,51,55,56,57);1H. The van der Waals surface area contributed by atoms with Crippen molar-refractivity contribution in [3.05, 3.63) is 51.6 Å². The zero-order chi connectivity index (χ0) is 43.4. The minimum Gasteiger partial charge on any atom is -1.00 e. The number of hydrogen-bond acceptors (Lipinski definition) is 5. The SMILES string of the molecule is CCCCCCCCCCCCCCCC[N+](C)(C)CC(=O)N(Cc1cc(C(C)(C)C)c(O)c(C(C)(C)C)c1)N=Cc1c(C(C)(C)C)cc(C(C)(C)C)c(O)c1O.[Br-]. The van der Waals surface area contributed by atoms with E-state index in [1.165, 1.54) is 82.1 Å². The molecular weight excluding hydrogens is 786 g/mol. The maximum atomic E-state index is 14.4. The Labute approximate surface area is 366 Å². The third-order valence-electron chi connectivity index (χ3n) is 11.3. The first kappa shape index (κ1) is 53.4. The Morgan fingerprint density at radius 1 is 0.586 bits per heavy atom. The van der Waals surface area contributed by atoms with Gasteiger partial charge in [0.2, 0.25) is 0 Å². The number of hydrazone groups is 1. The van der Waals surface area contributed by atoms with Crippen LogP contribution in [-0.4, -0.2) is 64.1 Å². The smallest absolute Gasteiger partial charge is 0.298 e. The number of phenolic OH excluding ortho intramolecular Hbond substituents is 3. The molecule has 0 saturated carbocycles. The highest BCUT2D eigenvalue weighted by molar-refractivity contribution is 5.89. The molecule has 0 spiro atoms. The summed E-state index contributed by atoms with van der Waals surface area (Å²) < 4.78 is 0.540. The van der Waals surface area contributed by atoms with Gasteiger partial charge >= 0.3 is 0 Å². The minimum absolute atomic E-state index is 0. The fraction of sp³-hybridized carbons (Fsp3) is 0.720. The van der Waals surface area contributed by atoms with Crippen LogP contribution in [0.25, 0.3) is 0 Å². The number of quaternary nitrogens is 1. The lowest BCUT2D eigenvalue weighted by molar-refractivity contribution is -0.883. The van der Waals surface area contributed by atoms with Crippen molar-refractivity contribution in [2.45, 2.75) is 208 Å². The topological polar surface area (TPSA) is 93.4 Å². The molecule has 0 radical (unpaired) electrons. The largest absolute Gasteiger partial charge is 1.00 e. The van der Waals surface area contributed by atoms with E-state index in [-0.39, 0.29) is 63.7 Å². The van der Waals surface area contributed by atoms with Crippen molar-refractivity contribution in [3.8, 4) is 17.2 Å². The maximum Gasteiger partial charge on any atom is 0.298 e. The Hall–Kier alpha value is -2.58. The zero-order valence-corrected chi connectivity index (χ0v) is 41.4. The fourth-order valence-corrected chi connectivity index (χ4v) is 7.68. The van der Waals surface area contributed by atoms with Gasteiger partial charge in [-0.15, -0.1) is 0 Å². The van der Waals surface area contributed by atoms with E-state index in [0.717, 1.165) is 41.6 Å². The number of aromatic hydroxyl groups is 3. The predicted molar refractivity (Wildman–Crippen MR) is 243 cm³/mol. The molecular formula is C50H86BrN3O4. The number of amides is 1. The summed E-state index contributed by atoms with van der Waals surface area (Å²) in [6, 6.07) is 5.96. The van der Waals surface area contributed by atoms with Gasteiger partial charge in [-0.3, -0.25) is 4.79 Å². The van der Waals surface area contributed by atoms with E-state index in [4.69, 9.17) is 5.10 Å². The zero-order valence-electron chi connectivity index (χ0n) is 39.8. The first-order valence-electron chi connectivity index (χ1n) is 22.3. The fourth-order valence-electron chi connectivity index (χ4n) is 7.68.